The predicted octanol–water partition coefficient (Wildman–Crippen LogP) is -0.0873. The molecule has 0 aromatic carbocycles. The van der Waals surface area contributed by atoms with Crippen molar-refractivity contribution in [3.05, 3.63) is 33.1 Å². The fraction of sp³-hybridized carbons (Fsp3) is 0.654. The third-order valence-electron chi connectivity index (χ3n) is 7.20. The van der Waals surface area contributed by atoms with Crippen LogP contribution in [0.25, 0.3) is 0 Å². The van der Waals surface area contributed by atoms with Crippen molar-refractivity contribution in [1.29, 1.82) is 0 Å². The lowest BCUT2D eigenvalue weighted by atomic mass is 10.1. The molecule has 0 aliphatic carbocycles. The molecular weight excluding hydrogens is 861 g/mol. The van der Waals surface area contributed by atoms with Gasteiger partial charge in [-0.2, -0.15) is 13.2 Å². The Morgan fingerprint density at radius 3 is 2.16 bits per heavy atom. The maximum atomic E-state index is 13.1. The number of carboxylic acids is 2. The number of nitrogens with zero attached hydrogens (tertiary/aromatic N) is 2. The molecule has 1 aromatic heterocycles. The molecule has 2 heterocycles. The topological polar surface area (TPSA) is 383 Å². The molecule has 0 saturated carbocycles. The van der Waals surface area contributed by atoms with Gasteiger partial charge >= 0.3 is 41.1 Å². The number of carbonyl (C=O) groups is 5. The van der Waals surface area contributed by atoms with Crippen LogP contribution in [0, 0.1) is 0 Å². The van der Waals surface area contributed by atoms with Crippen LogP contribution < -0.4 is 21.9 Å². The highest BCUT2D eigenvalue weighted by molar-refractivity contribution is 8.76. The molecule has 1 aliphatic rings. The van der Waals surface area contributed by atoms with Crippen molar-refractivity contribution in [2.75, 3.05) is 18.1 Å². The van der Waals surface area contributed by atoms with Gasteiger partial charge in [-0.05, 0) is 19.3 Å². The van der Waals surface area contributed by atoms with Crippen molar-refractivity contribution in [2.45, 2.75) is 88.8 Å². The second-order valence-electron chi connectivity index (χ2n) is 11.7. The molecule has 9 N–H and O–H groups in total. The number of phosphoric acid groups is 3. The molecule has 0 spiro atoms. The number of hydrogen-bond donors (Lipinski definition) is 9. The summed E-state index contributed by atoms with van der Waals surface area (Å²) in [6.45, 7) is 0.175. The molecule has 7 unspecified atom stereocenters. The number of carbonyl (C=O) groups excluding carboxylic acids is 3. The summed E-state index contributed by atoms with van der Waals surface area (Å²) < 4.78 is 52.6. The number of ether oxygens (including phenoxy) is 1. The monoisotopic (exact) mass is 902 g/mol. The van der Waals surface area contributed by atoms with Crippen LogP contribution in [0.5, 0.6) is 0 Å². The summed E-state index contributed by atoms with van der Waals surface area (Å²) >= 11 is 0. The minimum atomic E-state index is -5.80. The largest absolute Gasteiger partial charge is 0.490 e. The van der Waals surface area contributed by atoms with Crippen molar-refractivity contribution >= 4 is 74.7 Å². The van der Waals surface area contributed by atoms with Gasteiger partial charge in [-0.15, -0.1) is 0 Å². The van der Waals surface area contributed by atoms with Gasteiger partial charge in [-0.3, -0.25) is 33.1 Å². The van der Waals surface area contributed by atoms with Crippen molar-refractivity contribution in [2.24, 2.45) is 0 Å². The van der Waals surface area contributed by atoms with E-state index in [1.54, 1.807) is 0 Å². The molecule has 2 rings (SSSR count). The van der Waals surface area contributed by atoms with E-state index in [1.807, 2.05) is 0 Å². The SMILES string of the molecule is CC(=O)NC(CCCCCSSCCCC(=O)n1c(=O)ccn(C2CC(O)C(COP(=O)(O)OP(=O)(O)OP(=O)(O)O)O2)c1=O)C(=O)NC(CC(=O)O)C(=O)O. The molecule has 30 heteroatoms. The maximum Gasteiger partial charge on any atom is 0.490 e. The minimum absolute atomic E-state index is 0.175. The van der Waals surface area contributed by atoms with Gasteiger partial charge in [-0.25, -0.2) is 23.3 Å². The van der Waals surface area contributed by atoms with E-state index >= 15 is 0 Å². The number of aliphatic hydroxyl groups is 1. The molecule has 1 fully saturated rings. The van der Waals surface area contributed by atoms with E-state index in [2.05, 4.69) is 23.8 Å². The molecule has 0 radical (unpaired) electrons. The average Bonchev–Trinajstić information content (AvgIpc) is 3.41. The number of nitrogens with one attached hydrogen (secondary N) is 2. The van der Waals surface area contributed by atoms with E-state index in [9.17, 15) is 62.2 Å². The second kappa shape index (κ2) is 22.4. The van der Waals surface area contributed by atoms with Gasteiger partial charge in [0.05, 0.1) is 19.1 Å². The van der Waals surface area contributed by atoms with Crippen LogP contribution in [0.15, 0.2) is 21.9 Å². The smallest absolute Gasteiger partial charge is 0.481 e. The molecule has 1 aromatic rings. The van der Waals surface area contributed by atoms with Gasteiger partial charge in [0.15, 0.2) is 0 Å². The first-order valence-corrected chi connectivity index (χ1v) is 23.2. The zero-order valence-corrected chi connectivity index (χ0v) is 33.5. The van der Waals surface area contributed by atoms with Crippen LogP contribution in [0.1, 0.15) is 69.3 Å². The van der Waals surface area contributed by atoms with Crippen LogP contribution in [-0.4, -0.2) is 116 Å². The van der Waals surface area contributed by atoms with Gasteiger partial charge in [0.25, 0.3) is 5.56 Å². The number of aliphatic hydroxyl groups excluding tert-OH is 1. The number of amides is 2. The Bertz CT molecular complexity index is 1840. The Labute approximate surface area is 324 Å². The van der Waals surface area contributed by atoms with E-state index in [-0.39, 0.29) is 25.7 Å². The Hall–Kier alpha value is -2.74. The molecule has 25 nitrogen and oxygen atoms in total. The van der Waals surface area contributed by atoms with Gasteiger partial charge < -0.3 is 50.3 Å². The first-order valence-electron chi connectivity index (χ1n) is 16.2. The van der Waals surface area contributed by atoms with E-state index in [0.717, 1.165) is 16.8 Å². The van der Waals surface area contributed by atoms with Crippen molar-refractivity contribution in [1.82, 2.24) is 19.8 Å². The summed E-state index contributed by atoms with van der Waals surface area (Å²) in [7, 11) is -14.1. The van der Waals surface area contributed by atoms with E-state index in [1.165, 1.54) is 28.5 Å². The van der Waals surface area contributed by atoms with Gasteiger partial charge in [0.2, 0.25) is 17.7 Å². The number of hydrogen-bond acceptors (Lipinski definition) is 17. The molecule has 1 saturated heterocycles. The van der Waals surface area contributed by atoms with Crippen LogP contribution in [0.2, 0.25) is 0 Å². The lowest BCUT2D eigenvalue weighted by Gasteiger charge is -2.20. The Morgan fingerprint density at radius 1 is 0.929 bits per heavy atom. The standard InChI is InChI=1S/C26H41N4O21P3S2/c1-15(31)27-16(24(37)28-17(25(38)39)12-23(35)36)6-3-2-4-10-55-56-11-5-7-20(33)30-21(34)8-9-29(26(30)40)22-13-18(32)19(49-22)14-48-53(44,45)51-54(46,47)50-52(41,42)43/h8-9,16-19,22,32H,2-7,10-14H2,1H3,(H,27,31)(H,28,37)(H,35,36)(H,38,39)(H,44,45)(H,46,47)(H2,41,42,43). The molecular formula is C26H41N4O21P3S2. The Balaban J connectivity index is 1.80. The average molecular weight is 903 g/mol. The predicted molar refractivity (Wildman–Crippen MR) is 192 cm³/mol. The molecule has 56 heavy (non-hydrogen) atoms. The third kappa shape index (κ3) is 17.8. The molecule has 7 atom stereocenters. The zero-order valence-electron chi connectivity index (χ0n) is 29.2. The molecule has 0 bridgehead atoms. The van der Waals surface area contributed by atoms with E-state index in [4.69, 9.17) is 24.7 Å². The van der Waals surface area contributed by atoms with E-state index in [0.29, 0.717) is 35.3 Å². The van der Waals surface area contributed by atoms with Crippen molar-refractivity contribution < 1.29 is 90.4 Å². The molecule has 1 aliphatic heterocycles. The summed E-state index contributed by atoms with van der Waals surface area (Å²) in [6, 6.07) is -1.83. The van der Waals surface area contributed by atoms with Crippen molar-refractivity contribution in [3.63, 3.8) is 0 Å². The summed E-state index contributed by atoms with van der Waals surface area (Å²) in [5.41, 5.74) is -2.06. The number of phosphoric ester groups is 1. The minimum Gasteiger partial charge on any atom is -0.481 e. The maximum absolute atomic E-state index is 13.1. The lowest BCUT2D eigenvalue weighted by molar-refractivity contribution is -0.147. The van der Waals surface area contributed by atoms with E-state index < -0.39 is 108 Å². The molecule has 318 valence electrons. The third-order valence-corrected chi connectivity index (χ3v) is 13.6. The highest BCUT2D eigenvalue weighted by atomic mass is 33.1. The van der Waals surface area contributed by atoms with Crippen LogP contribution in [0.3, 0.4) is 0 Å². The van der Waals surface area contributed by atoms with Crippen LogP contribution in [0.4, 0.5) is 0 Å². The normalized spacial score (nSPS) is 20.3. The first-order chi connectivity index (χ1) is 25.9. The van der Waals surface area contributed by atoms with Gasteiger partial charge in [0, 0.05) is 43.5 Å². The number of unbranched alkanes of at least 4 members (excludes halogenated alkanes) is 2. The van der Waals surface area contributed by atoms with Crippen LogP contribution in [-0.2, 0) is 50.8 Å². The quantitative estimate of drug-likeness (QED) is 0.0352. The number of aliphatic carboxylic acids is 2. The summed E-state index contributed by atoms with van der Waals surface area (Å²) in [6.07, 6.45) is -2.43. The van der Waals surface area contributed by atoms with Gasteiger partial charge in [0.1, 0.15) is 24.4 Å². The molecule has 2 amide bonds. The highest BCUT2D eigenvalue weighted by Gasteiger charge is 2.43. The highest BCUT2D eigenvalue weighted by Crippen LogP contribution is 2.66. The summed E-state index contributed by atoms with van der Waals surface area (Å²) in [5.74, 6) is -4.03. The van der Waals surface area contributed by atoms with Crippen LogP contribution >= 0.6 is 45.1 Å². The van der Waals surface area contributed by atoms with Gasteiger partial charge in [-0.1, -0.05) is 34.4 Å². The summed E-state index contributed by atoms with van der Waals surface area (Å²) in [4.78, 5) is 121. The fourth-order valence-corrected chi connectivity index (χ4v) is 10.1. The number of aromatic nitrogens is 2. The number of rotatable bonds is 25. The second-order valence-corrected chi connectivity index (χ2v) is 18.9. The van der Waals surface area contributed by atoms with Crippen molar-refractivity contribution in [3.8, 4) is 0 Å². The Morgan fingerprint density at radius 2 is 1.57 bits per heavy atom. The zero-order chi connectivity index (χ0) is 42.4. The fourth-order valence-electron chi connectivity index (χ4n) is 4.81. The Kier molecular flexibility index (Phi) is 19.8. The number of carboxylic acid groups (broad SMARTS) is 2. The first kappa shape index (κ1) is 49.4. The summed E-state index contributed by atoms with van der Waals surface area (Å²) in [5, 5.41) is 32.9. The lowest BCUT2D eigenvalue weighted by Crippen LogP contribution is -2.51.